The molecule has 10 heteroatoms. The molecule has 228 valence electrons. The molecule has 1 aliphatic carbocycles. The number of ether oxygens (including phenoxy) is 2. The van der Waals surface area contributed by atoms with Crippen LogP contribution in [0.1, 0.15) is 89.1 Å². The zero-order chi connectivity index (χ0) is 31.0. The Labute approximate surface area is 246 Å². The van der Waals surface area contributed by atoms with Gasteiger partial charge in [-0.2, -0.15) is 0 Å². The van der Waals surface area contributed by atoms with Crippen molar-refractivity contribution in [3.05, 3.63) is 65.2 Å². The highest BCUT2D eigenvalue weighted by Crippen LogP contribution is 2.26. The minimum atomic E-state index is -0.977. The molecule has 2 aromatic rings. The quantitative estimate of drug-likeness (QED) is 0.124. The third kappa shape index (κ3) is 9.92. The SMILES string of the molecule is CC(C)CC(C(=O)OC1CCCC1)N(Cc1ccc(NC(=N)CC(=O)c2ccc(F)cc2F)cc1)C(=O)OC(C)(C)C. The molecule has 3 rings (SSSR count). The summed E-state index contributed by atoms with van der Waals surface area (Å²) in [7, 11) is 0. The highest BCUT2D eigenvalue weighted by molar-refractivity contribution is 6.12. The first-order valence-corrected chi connectivity index (χ1v) is 14.3. The van der Waals surface area contributed by atoms with Crippen LogP contribution in [0.5, 0.6) is 0 Å². The molecule has 0 bridgehead atoms. The Balaban J connectivity index is 1.73. The van der Waals surface area contributed by atoms with Gasteiger partial charge < -0.3 is 14.8 Å². The molecule has 0 radical (unpaired) electrons. The zero-order valence-corrected chi connectivity index (χ0v) is 25.0. The number of halogens is 2. The van der Waals surface area contributed by atoms with Gasteiger partial charge in [0.2, 0.25) is 0 Å². The number of carbonyl (C=O) groups is 3. The van der Waals surface area contributed by atoms with E-state index in [0.29, 0.717) is 23.7 Å². The Bertz CT molecular complexity index is 1270. The number of benzene rings is 2. The van der Waals surface area contributed by atoms with E-state index in [9.17, 15) is 23.2 Å². The summed E-state index contributed by atoms with van der Waals surface area (Å²) >= 11 is 0. The molecule has 1 aliphatic rings. The highest BCUT2D eigenvalue weighted by atomic mass is 19.1. The molecule has 0 saturated heterocycles. The highest BCUT2D eigenvalue weighted by Gasteiger charge is 2.36. The Morgan fingerprint density at radius 3 is 2.26 bits per heavy atom. The van der Waals surface area contributed by atoms with Gasteiger partial charge in [-0.3, -0.25) is 15.1 Å². The van der Waals surface area contributed by atoms with Crippen molar-refractivity contribution in [1.82, 2.24) is 4.90 Å². The molecule has 0 aromatic heterocycles. The number of hydrogen-bond acceptors (Lipinski definition) is 6. The number of amidine groups is 1. The van der Waals surface area contributed by atoms with E-state index in [2.05, 4.69) is 5.32 Å². The van der Waals surface area contributed by atoms with Crippen LogP contribution in [0.25, 0.3) is 0 Å². The average Bonchev–Trinajstić information content (AvgIpc) is 3.38. The van der Waals surface area contributed by atoms with E-state index in [0.717, 1.165) is 37.8 Å². The Morgan fingerprint density at radius 2 is 1.69 bits per heavy atom. The summed E-state index contributed by atoms with van der Waals surface area (Å²) < 4.78 is 38.6. The fraction of sp³-hybridized carbons (Fsp3) is 0.500. The van der Waals surface area contributed by atoms with Crippen molar-refractivity contribution in [1.29, 1.82) is 5.41 Å². The van der Waals surface area contributed by atoms with Gasteiger partial charge in [0.1, 0.15) is 35.2 Å². The van der Waals surface area contributed by atoms with Crippen molar-refractivity contribution in [3.8, 4) is 0 Å². The molecular weight excluding hydrogens is 544 g/mol. The van der Waals surface area contributed by atoms with E-state index in [1.807, 2.05) is 13.8 Å². The summed E-state index contributed by atoms with van der Waals surface area (Å²) in [6.45, 7) is 9.35. The number of carbonyl (C=O) groups excluding carboxylic acids is 3. The maximum absolute atomic E-state index is 13.9. The van der Waals surface area contributed by atoms with Gasteiger partial charge in [0.15, 0.2) is 5.78 Å². The van der Waals surface area contributed by atoms with Crippen LogP contribution in [0.3, 0.4) is 0 Å². The predicted molar refractivity (Wildman–Crippen MR) is 156 cm³/mol. The van der Waals surface area contributed by atoms with Crippen molar-refractivity contribution < 1.29 is 32.6 Å². The molecule has 1 fully saturated rings. The smallest absolute Gasteiger partial charge is 0.411 e. The standard InChI is InChI=1S/C32H41F2N3O5/c1-20(2)16-27(30(39)41-24-8-6-7-9-24)37(31(40)42-32(3,4)5)19-21-10-13-23(14-11-21)36-29(35)18-28(38)25-15-12-22(33)17-26(25)34/h10-15,17,20,24,27H,6-9,16,18-19H2,1-5H3,(H2,35,36). The maximum atomic E-state index is 13.9. The molecule has 1 atom stereocenters. The topological polar surface area (TPSA) is 109 Å². The number of ketones is 1. The maximum Gasteiger partial charge on any atom is 0.411 e. The first-order chi connectivity index (χ1) is 19.7. The zero-order valence-electron chi connectivity index (χ0n) is 25.0. The number of hydrogen-bond donors (Lipinski definition) is 2. The second-order valence-corrected chi connectivity index (χ2v) is 12.1. The predicted octanol–water partition coefficient (Wildman–Crippen LogP) is 7.26. The lowest BCUT2D eigenvalue weighted by Crippen LogP contribution is -2.48. The molecule has 1 saturated carbocycles. The minimum Gasteiger partial charge on any atom is -0.461 e. The van der Waals surface area contributed by atoms with Gasteiger partial charge >= 0.3 is 12.1 Å². The van der Waals surface area contributed by atoms with Crippen LogP contribution >= 0.6 is 0 Å². The van der Waals surface area contributed by atoms with Crippen LogP contribution < -0.4 is 5.32 Å². The fourth-order valence-corrected chi connectivity index (χ4v) is 4.75. The summed E-state index contributed by atoms with van der Waals surface area (Å²) in [6.07, 6.45) is 2.91. The molecule has 2 aromatic carbocycles. The second kappa shape index (κ2) is 14.4. The van der Waals surface area contributed by atoms with E-state index in [1.165, 1.54) is 4.90 Å². The van der Waals surface area contributed by atoms with Crippen LogP contribution in [-0.4, -0.2) is 46.3 Å². The first kappa shape index (κ1) is 32.7. The monoisotopic (exact) mass is 585 g/mol. The van der Waals surface area contributed by atoms with Crippen molar-refractivity contribution in [2.24, 2.45) is 5.92 Å². The van der Waals surface area contributed by atoms with E-state index in [-0.39, 0.29) is 30.0 Å². The molecule has 2 N–H and O–H groups in total. The van der Waals surface area contributed by atoms with Crippen molar-refractivity contribution in [2.75, 3.05) is 5.32 Å². The lowest BCUT2D eigenvalue weighted by molar-refractivity contribution is -0.156. The fourth-order valence-electron chi connectivity index (χ4n) is 4.75. The van der Waals surface area contributed by atoms with Crippen LogP contribution in [0.15, 0.2) is 42.5 Å². The lowest BCUT2D eigenvalue weighted by Gasteiger charge is -2.34. The number of amides is 1. The van der Waals surface area contributed by atoms with Crippen molar-refractivity contribution in [3.63, 3.8) is 0 Å². The van der Waals surface area contributed by atoms with Gasteiger partial charge in [0, 0.05) is 18.3 Å². The largest absolute Gasteiger partial charge is 0.461 e. The van der Waals surface area contributed by atoms with Gasteiger partial charge in [-0.1, -0.05) is 26.0 Å². The molecule has 1 amide bonds. The van der Waals surface area contributed by atoms with Crippen LogP contribution in [-0.2, 0) is 20.8 Å². The third-order valence-corrected chi connectivity index (χ3v) is 6.73. The average molecular weight is 586 g/mol. The number of esters is 1. The van der Waals surface area contributed by atoms with Gasteiger partial charge in [0.05, 0.1) is 12.0 Å². The minimum absolute atomic E-state index is 0.0894. The molecule has 0 spiro atoms. The molecule has 42 heavy (non-hydrogen) atoms. The first-order valence-electron chi connectivity index (χ1n) is 14.3. The van der Waals surface area contributed by atoms with Crippen LogP contribution in [0.4, 0.5) is 19.3 Å². The Hall–Kier alpha value is -3.82. The van der Waals surface area contributed by atoms with Gasteiger partial charge in [-0.15, -0.1) is 0 Å². The summed E-state index contributed by atoms with van der Waals surface area (Å²) in [6, 6.07) is 8.68. The molecule has 8 nitrogen and oxygen atoms in total. The van der Waals surface area contributed by atoms with Crippen LogP contribution in [0.2, 0.25) is 0 Å². The lowest BCUT2D eigenvalue weighted by atomic mass is 10.0. The number of nitrogens with zero attached hydrogens (tertiary/aromatic N) is 1. The normalized spacial score (nSPS) is 14.4. The molecule has 1 unspecified atom stereocenters. The molecule has 0 aliphatic heterocycles. The Morgan fingerprint density at radius 1 is 1.05 bits per heavy atom. The number of nitrogens with one attached hydrogen (secondary N) is 2. The summed E-state index contributed by atoms with van der Waals surface area (Å²) in [5.41, 5.74) is 0.155. The number of rotatable bonds is 11. The van der Waals surface area contributed by atoms with E-state index in [4.69, 9.17) is 14.9 Å². The second-order valence-electron chi connectivity index (χ2n) is 12.1. The summed E-state index contributed by atoms with van der Waals surface area (Å²) in [5.74, 6) is -2.91. The molecular formula is C32H41F2N3O5. The third-order valence-electron chi connectivity index (χ3n) is 6.73. The molecule has 0 heterocycles. The van der Waals surface area contributed by atoms with Crippen LogP contribution in [0, 0.1) is 23.0 Å². The Kier molecular flexibility index (Phi) is 11.2. The van der Waals surface area contributed by atoms with Gasteiger partial charge in [-0.05, 0) is 88.6 Å². The summed E-state index contributed by atoms with van der Waals surface area (Å²) in [4.78, 5) is 40.6. The van der Waals surface area contributed by atoms with Crippen molar-refractivity contribution in [2.45, 2.75) is 97.4 Å². The van der Waals surface area contributed by atoms with E-state index in [1.54, 1.807) is 45.0 Å². The van der Waals surface area contributed by atoms with E-state index < -0.39 is 47.5 Å². The number of anilines is 1. The van der Waals surface area contributed by atoms with Crippen molar-refractivity contribution >= 4 is 29.4 Å². The van der Waals surface area contributed by atoms with Gasteiger partial charge in [-0.25, -0.2) is 18.4 Å². The number of Topliss-reactive ketones (excluding diaryl/α,β-unsaturated/α-hetero) is 1. The van der Waals surface area contributed by atoms with Gasteiger partial charge in [0.25, 0.3) is 0 Å². The van der Waals surface area contributed by atoms with E-state index >= 15 is 0 Å². The summed E-state index contributed by atoms with van der Waals surface area (Å²) in [5, 5.41) is 10.9.